The molecule has 0 radical (unpaired) electrons. The molecule has 0 saturated heterocycles. The molecule has 3 nitrogen and oxygen atoms in total. The number of halogens is 3. The Balaban J connectivity index is 2.49. The second-order valence-electron chi connectivity index (χ2n) is 4.29. The first kappa shape index (κ1) is 15.5. The number of carboxylic acids is 1. The van der Waals surface area contributed by atoms with Gasteiger partial charge in [0.05, 0.1) is 5.56 Å². The van der Waals surface area contributed by atoms with E-state index in [1.165, 1.54) is 12.1 Å². The highest BCUT2D eigenvalue weighted by molar-refractivity contribution is 5.66. The van der Waals surface area contributed by atoms with Gasteiger partial charge < -0.3 is 10.4 Å². The highest BCUT2D eigenvalue weighted by Gasteiger charge is 2.30. The van der Waals surface area contributed by atoms with Gasteiger partial charge in [-0.1, -0.05) is 12.1 Å². The van der Waals surface area contributed by atoms with Crippen molar-refractivity contribution in [1.29, 1.82) is 0 Å². The zero-order valence-electron chi connectivity index (χ0n) is 10.5. The third kappa shape index (κ3) is 5.30. The second-order valence-corrected chi connectivity index (χ2v) is 4.29. The zero-order chi connectivity index (χ0) is 14.5. The average molecular weight is 275 g/mol. The lowest BCUT2D eigenvalue weighted by atomic mass is 10.1. The van der Waals surface area contributed by atoms with E-state index >= 15 is 0 Å². The fraction of sp³-hybridized carbons (Fsp3) is 0.462. The van der Waals surface area contributed by atoms with Gasteiger partial charge in [-0.15, -0.1) is 0 Å². The van der Waals surface area contributed by atoms with Crippen molar-refractivity contribution in [3.8, 4) is 0 Å². The van der Waals surface area contributed by atoms with Crippen molar-refractivity contribution in [2.45, 2.75) is 32.0 Å². The van der Waals surface area contributed by atoms with Crippen LogP contribution in [0.3, 0.4) is 0 Å². The summed E-state index contributed by atoms with van der Waals surface area (Å²) in [6.07, 6.45) is -3.76. The molecule has 1 atom stereocenters. The van der Waals surface area contributed by atoms with Crippen LogP contribution in [0, 0.1) is 0 Å². The van der Waals surface area contributed by atoms with E-state index in [1.807, 2.05) is 6.92 Å². The van der Waals surface area contributed by atoms with Crippen LogP contribution >= 0.6 is 0 Å². The summed E-state index contributed by atoms with van der Waals surface area (Å²) in [5, 5.41) is 11.5. The Labute approximate surface area is 109 Å². The van der Waals surface area contributed by atoms with E-state index < -0.39 is 17.7 Å². The van der Waals surface area contributed by atoms with E-state index in [4.69, 9.17) is 5.11 Å². The fourth-order valence-corrected chi connectivity index (χ4v) is 1.64. The van der Waals surface area contributed by atoms with Gasteiger partial charge in [-0.25, -0.2) is 0 Å². The van der Waals surface area contributed by atoms with Crippen molar-refractivity contribution in [2.24, 2.45) is 0 Å². The van der Waals surface area contributed by atoms with E-state index in [0.29, 0.717) is 13.0 Å². The van der Waals surface area contributed by atoms with Crippen molar-refractivity contribution < 1.29 is 23.1 Å². The number of carboxylic acid groups (broad SMARTS) is 1. The lowest BCUT2D eigenvalue weighted by molar-refractivity contribution is -0.138. The number of carbonyl (C=O) groups is 1. The minimum atomic E-state index is -4.32. The maximum absolute atomic E-state index is 12.4. The lowest BCUT2D eigenvalue weighted by Crippen LogP contribution is -2.20. The predicted octanol–water partition coefficient (Wildman–Crippen LogP) is 3.22. The van der Waals surface area contributed by atoms with Crippen molar-refractivity contribution in [2.75, 3.05) is 6.54 Å². The second kappa shape index (κ2) is 6.56. The van der Waals surface area contributed by atoms with Crippen molar-refractivity contribution >= 4 is 5.97 Å². The number of benzene rings is 1. The molecular weight excluding hydrogens is 259 g/mol. The van der Waals surface area contributed by atoms with Gasteiger partial charge >= 0.3 is 12.1 Å². The van der Waals surface area contributed by atoms with Gasteiger partial charge in [-0.05, 0) is 37.6 Å². The molecule has 1 rings (SSSR count). The highest BCUT2D eigenvalue weighted by atomic mass is 19.4. The Morgan fingerprint density at radius 1 is 1.32 bits per heavy atom. The van der Waals surface area contributed by atoms with E-state index in [2.05, 4.69) is 5.32 Å². The van der Waals surface area contributed by atoms with Gasteiger partial charge in [0.25, 0.3) is 0 Å². The predicted molar refractivity (Wildman–Crippen MR) is 64.7 cm³/mol. The smallest absolute Gasteiger partial charge is 0.416 e. The Morgan fingerprint density at radius 3 is 2.37 bits per heavy atom. The third-order valence-corrected chi connectivity index (χ3v) is 2.76. The molecule has 1 aromatic carbocycles. The molecule has 0 spiro atoms. The standard InChI is InChI=1S/C13H16F3NO2/c1-9(17-8-2-3-12(18)19)10-4-6-11(7-5-10)13(14,15)16/h4-7,9,17H,2-3,8H2,1H3,(H,18,19). The van der Waals surface area contributed by atoms with Crippen LogP contribution in [0.2, 0.25) is 0 Å². The molecule has 19 heavy (non-hydrogen) atoms. The maximum atomic E-state index is 12.4. The van der Waals surface area contributed by atoms with Crippen LogP contribution in [-0.4, -0.2) is 17.6 Å². The molecule has 0 fully saturated rings. The summed E-state index contributed by atoms with van der Waals surface area (Å²) in [6, 6.07) is 4.83. The molecule has 6 heteroatoms. The molecule has 0 amide bonds. The number of hydrogen-bond donors (Lipinski definition) is 2. The van der Waals surface area contributed by atoms with Crippen molar-refractivity contribution in [3.05, 3.63) is 35.4 Å². The SMILES string of the molecule is CC(NCCCC(=O)O)c1ccc(C(F)(F)F)cc1. The van der Waals surface area contributed by atoms with Crippen LogP contribution < -0.4 is 5.32 Å². The first-order valence-electron chi connectivity index (χ1n) is 5.93. The lowest BCUT2D eigenvalue weighted by Gasteiger charge is -2.15. The Hall–Kier alpha value is -1.56. The van der Waals surface area contributed by atoms with Gasteiger partial charge in [-0.3, -0.25) is 4.79 Å². The van der Waals surface area contributed by atoms with E-state index in [9.17, 15) is 18.0 Å². The molecule has 106 valence electrons. The van der Waals surface area contributed by atoms with Gasteiger partial charge in [0.2, 0.25) is 0 Å². The number of hydrogen-bond acceptors (Lipinski definition) is 2. The molecule has 0 aliphatic rings. The Kier molecular flexibility index (Phi) is 5.35. The summed E-state index contributed by atoms with van der Waals surface area (Å²) in [7, 11) is 0. The van der Waals surface area contributed by atoms with Gasteiger partial charge in [0.1, 0.15) is 0 Å². The molecule has 1 aromatic rings. The molecule has 0 bridgehead atoms. The monoisotopic (exact) mass is 275 g/mol. The summed E-state index contributed by atoms with van der Waals surface area (Å²) < 4.78 is 37.1. The first-order chi connectivity index (χ1) is 8.80. The molecule has 0 aliphatic heterocycles. The van der Waals surface area contributed by atoms with Crippen LogP contribution in [0.15, 0.2) is 24.3 Å². The number of alkyl halides is 3. The Bertz CT molecular complexity index is 415. The quantitative estimate of drug-likeness (QED) is 0.784. The van der Waals surface area contributed by atoms with Crippen molar-refractivity contribution in [1.82, 2.24) is 5.32 Å². The topological polar surface area (TPSA) is 49.3 Å². The summed E-state index contributed by atoms with van der Waals surface area (Å²) in [5.74, 6) is -0.857. The number of nitrogens with one attached hydrogen (secondary N) is 1. The maximum Gasteiger partial charge on any atom is 0.416 e. The number of aliphatic carboxylic acids is 1. The van der Waals surface area contributed by atoms with Crippen LogP contribution in [0.1, 0.15) is 36.9 Å². The van der Waals surface area contributed by atoms with Crippen LogP contribution in [0.25, 0.3) is 0 Å². The molecule has 1 unspecified atom stereocenters. The fourth-order valence-electron chi connectivity index (χ4n) is 1.64. The summed E-state index contributed by atoms with van der Waals surface area (Å²) in [4.78, 5) is 10.3. The zero-order valence-corrected chi connectivity index (χ0v) is 10.5. The Morgan fingerprint density at radius 2 is 1.89 bits per heavy atom. The van der Waals surface area contributed by atoms with Gasteiger partial charge in [0, 0.05) is 12.5 Å². The van der Waals surface area contributed by atoms with Crippen LogP contribution in [0.4, 0.5) is 13.2 Å². The minimum absolute atomic E-state index is 0.0761. The van der Waals surface area contributed by atoms with Gasteiger partial charge in [0.15, 0.2) is 0 Å². The van der Waals surface area contributed by atoms with Gasteiger partial charge in [-0.2, -0.15) is 13.2 Å². The first-order valence-corrected chi connectivity index (χ1v) is 5.93. The molecule has 0 heterocycles. The normalized spacial score (nSPS) is 13.3. The van der Waals surface area contributed by atoms with E-state index in [1.54, 1.807) is 0 Å². The average Bonchev–Trinajstić information content (AvgIpc) is 2.33. The molecule has 2 N–H and O–H groups in total. The highest BCUT2D eigenvalue weighted by Crippen LogP contribution is 2.29. The minimum Gasteiger partial charge on any atom is -0.481 e. The molecule has 0 saturated carbocycles. The van der Waals surface area contributed by atoms with Crippen LogP contribution in [-0.2, 0) is 11.0 Å². The number of rotatable bonds is 6. The van der Waals surface area contributed by atoms with Crippen molar-refractivity contribution in [3.63, 3.8) is 0 Å². The summed E-state index contributed by atoms with van der Waals surface area (Å²) in [6.45, 7) is 2.33. The molecule has 0 aromatic heterocycles. The summed E-state index contributed by atoms with van der Waals surface area (Å²) in [5.41, 5.74) is 0.0673. The van der Waals surface area contributed by atoms with E-state index in [-0.39, 0.29) is 12.5 Å². The third-order valence-electron chi connectivity index (χ3n) is 2.76. The van der Waals surface area contributed by atoms with E-state index in [0.717, 1.165) is 17.7 Å². The summed E-state index contributed by atoms with van der Waals surface area (Å²) >= 11 is 0. The van der Waals surface area contributed by atoms with Crippen LogP contribution in [0.5, 0.6) is 0 Å². The molecular formula is C13H16F3NO2. The molecule has 0 aliphatic carbocycles. The largest absolute Gasteiger partial charge is 0.481 e.